The van der Waals surface area contributed by atoms with Gasteiger partial charge in [-0.2, -0.15) is 0 Å². The highest BCUT2D eigenvalue weighted by molar-refractivity contribution is 5.95. The molecule has 1 aromatic carbocycles. The van der Waals surface area contributed by atoms with Crippen LogP contribution >= 0.6 is 0 Å². The first kappa shape index (κ1) is 18.2. The first-order valence-corrected chi connectivity index (χ1v) is 10.1. The molecule has 2 heterocycles. The van der Waals surface area contributed by atoms with Crippen molar-refractivity contribution >= 4 is 5.91 Å². The van der Waals surface area contributed by atoms with E-state index in [0.29, 0.717) is 12.5 Å². The maximum absolute atomic E-state index is 13.3. The van der Waals surface area contributed by atoms with E-state index in [1.807, 2.05) is 35.2 Å². The zero-order chi connectivity index (χ0) is 18.6. The second-order valence-corrected chi connectivity index (χ2v) is 7.89. The van der Waals surface area contributed by atoms with Gasteiger partial charge in [-0.15, -0.1) is 0 Å². The fraction of sp³-hybridized carbons (Fsp3) is 0.478. The Bertz CT molecular complexity index is 794. The fourth-order valence-corrected chi connectivity index (χ4v) is 4.03. The molecule has 4 nitrogen and oxygen atoms in total. The van der Waals surface area contributed by atoms with Gasteiger partial charge in [0, 0.05) is 37.0 Å². The summed E-state index contributed by atoms with van der Waals surface area (Å²) in [4.78, 5) is 19.9. The molecule has 0 bridgehead atoms. The molecule has 4 heteroatoms. The van der Waals surface area contributed by atoms with Crippen molar-refractivity contribution in [2.45, 2.75) is 45.1 Å². The van der Waals surface area contributed by atoms with E-state index < -0.39 is 0 Å². The third kappa shape index (κ3) is 4.22. The third-order valence-corrected chi connectivity index (χ3v) is 5.83. The van der Waals surface area contributed by atoms with Crippen LogP contribution < -0.4 is 0 Å². The molecule has 2 aromatic rings. The van der Waals surface area contributed by atoms with Crippen molar-refractivity contribution in [3.05, 3.63) is 53.7 Å². The molecule has 1 saturated heterocycles. The smallest absolute Gasteiger partial charge is 0.253 e. The molecule has 27 heavy (non-hydrogen) atoms. The van der Waals surface area contributed by atoms with Gasteiger partial charge in [0.2, 0.25) is 0 Å². The molecule has 0 spiro atoms. The van der Waals surface area contributed by atoms with Crippen LogP contribution in [0.4, 0.5) is 0 Å². The molecule has 1 saturated carbocycles. The highest BCUT2D eigenvalue weighted by atomic mass is 16.5. The molecule has 0 radical (unpaired) electrons. The zero-order valence-corrected chi connectivity index (χ0v) is 16.1. The van der Waals surface area contributed by atoms with E-state index in [-0.39, 0.29) is 12.0 Å². The number of aryl methyl sites for hydroxylation is 1. The van der Waals surface area contributed by atoms with Gasteiger partial charge in [-0.25, -0.2) is 0 Å². The molecule has 1 aliphatic carbocycles. The van der Waals surface area contributed by atoms with Crippen LogP contribution in [0.3, 0.4) is 0 Å². The number of rotatable bonds is 6. The number of aromatic nitrogens is 1. The average molecular weight is 364 g/mol. The van der Waals surface area contributed by atoms with Crippen molar-refractivity contribution in [2.24, 2.45) is 5.92 Å². The Morgan fingerprint density at radius 2 is 2.04 bits per heavy atom. The standard InChI is InChI=1S/C23H28N2O2/c1-17-6-4-12-24-22(17)19-9-3-10-20(14-19)23(26)25(15-18-7-2-8-18)16-21-11-5-13-27-21/h3-4,6,9-10,12,14,18,21H,2,5,7-8,11,13,15-16H2,1H3/t21-/m0/s1. The second kappa shape index (κ2) is 8.22. The number of pyridine rings is 1. The molecule has 2 aliphatic rings. The van der Waals surface area contributed by atoms with Crippen LogP contribution in [0.5, 0.6) is 0 Å². The monoisotopic (exact) mass is 364 g/mol. The minimum absolute atomic E-state index is 0.118. The number of nitrogens with zero attached hydrogens (tertiary/aromatic N) is 2. The first-order valence-electron chi connectivity index (χ1n) is 10.1. The van der Waals surface area contributed by atoms with E-state index in [1.54, 1.807) is 6.20 Å². The largest absolute Gasteiger partial charge is 0.376 e. The Kier molecular flexibility index (Phi) is 5.53. The Morgan fingerprint density at radius 1 is 1.15 bits per heavy atom. The molecule has 1 amide bonds. The van der Waals surface area contributed by atoms with E-state index in [2.05, 4.69) is 18.0 Å². The summed E-state index contributed by atoms with van der Waals surface area (Å²) in [6, 6.07) is 11.9. The lowest BCUT2D eigenvalue weighted by atomic mass is 9.85. The normalized spacial score (nSPS) is 19.7. The molecule has 1 atom stereocenters. The van der Waals surface area contributed by atoms with Crippen molar-refractivity contribution in [3.8, 4) is 11.3 Å². The minimum Gasteiger partial charge on any atom is -0.376 e. The Labute approximate surface area is 161 Å². The number of amides is 1. The quantitative estimate of drug-likeness (QED) is 0.759. The van der Waals surface area contributed by atoms with Gasteiger partial charge in [0.25, 0.3) is 5.91 Å². The van der Waals surface area contributed by atoms with Crippen LogP contribution in [0.1, 0.15) is 48.0 Å². The molecule has 4 rings (SSSR count). The summed E-state index contributed by atoms with van der Waals surface area (Å²) in [5.41, 5.74) is 3.80. The summed E-state index contributed by atoms with van der Waals surface area (Å²) in [6.07, 6.45) is 7.92. The molecular weight excluding hydrogens is 336 g/mol. The lowest BCUT2D eigenvalue weighted by Crippen LogP contribution is -2.41. The van der Waals surface area contributed by atoms with Crippen LogP contribution in [0.25, 0.3) is 11.3 Å². The molecule has 0 unspecified atom stereocenters. The van der Waals surface area contributed by atoms with Crippen molar-refractivity contribution in [1.29, 1.82) is 0 Å². The number of carbonyl (C=O) groups is 1. The fourth-order valence-electron chi connectivity index (χ4n) is 4.03. The van der Waals surface area contributed by atoms with Gasteiger partial charge >= 0.3 is 0 Å². The Morgan fingerprint density at radius 3 is 2.74 bits per heavy atom. The topological polar surface area (TPSA) is 42.4 Å². The molecule has 142 valence electrons. The van der Waals surface area contributed by atoms with Gasteiger partial charge < -0.3 is 9.64 Å². The zero-order valence-electron chi connectivity index (χ0n) is 16.1. The third-order valence-electron chi connectivity index (χ3n) is 5.83. The van der Waals surface area contributed by atoms with Crippen LogP contribution in [-0.4, -0.2) is 41.6 Å². The lowest BCUT2D eigenvalue weighted by molar-refractivity contribution is 0.0448. The van der Waals surface area contributed by atoms with E-state index in [4.69, 9.17) is 4.74 Å². The van der Waals surface area contributed by atoms with E-state index >= 15 is 0 Å². The van der Waals surface area contributed by atoms with Gasteiger partial charge in [0.1, 0.15) is 0 Å². The average Bonchev–Trinajstić information content (AvgIpc) is 3.16. The molecule has 1 aromatic heterocycles. The van der Waals surface area contributed by atoms with Crippen molar-refractivity contribution < 1.29 is 9.53 Å². The van der Waals surface area contributed by atoms with Gasteiger partial charge in [0.05, 0.1) is 11.8 Å². The summed E-state index contributed by atoms with van der Waals surface area (Å²) >= 11 is 0. The second-order valence-electron chi connectivity index (χ2n) is 7.89. The van der Waals surface area contributed by atoms with Crippen LogP contribution in [0.2, 0.25) is 0 Å². The van der Waals surface area contributed by atoms with Crippen molar-refractivity contribution in [2.75, 3.05) is 19.7 Å². The number of hydrogen-bond acceptors (Lipinski definition) is 3. The van der Waals surface area contributed by atoms with Crippen LogP contribution in [0, 0.1) is 12.8 Å². The van der Waals surface area contributed by atoms with Gasteiger partial charge in [-0.1, -0.05) is 24.6 Å². The lowest BCUT2D eigenvalue weighted by Gasteiger charge is -2.33. The van der Waals surface area contributed by atoms with E-state index in [1.165, 1.54) is 19.3 Å². The van der Waals surface area contributed by atoms with Crippen molar-refractivity contribution in [1.82, 2.24) is 9.88 Å². The molecular formula is C23H28N2O2. The predicted molar refractivity (Wildman–Crippen MR) is 107 cm³/mol. The maximum Gasteiger partial charge on any atom is 0.253 e. The van der Waals surface area contributed by atoms with Crippen LogP contribution in [-0.2, 0) is 4.74 Å². The number of benzene rings is 1. The van der Waals surface area contributed by atoms with Gasteiger partial charge in [-0.3, -0.25) is 9.78 Å². The summed E-state index contributed by atoms with van der Waals surface area (Å²) in [5, 5.41) is 0. The highest BCUT2D eigenvalue weighted by Crippen LogP contribution is 2.29. The minimum atomic E-state index is 0.118. The Balaban J connectivity index is 1.56. The number of hydrogen-bond donors (Lipinski definition) is 0. The number of ether oxygens (including phenoxy) is 1. The molecule has 2 fully saturated rings. The summed E-state index contributed by atoms with van der Waals surface area (Å²) in [6.45, 7) is 4.44. The summed E-state index contributed by atoms with van der Waals surface area (Å²) in [5.74, 6) is 0.768. The molecule has 1 aliphatic heterocycles. The highest BCUT2D eigenvalue weighted by Gasteiger charge is 2.28. The van der Waals surface area contributed by atoms with Crippen LogP contribution in [0.15, 0.2) is 42.6 Å². The summed E-state index contributed by atoms with van der Waals surface area (Å²) < 4.78 is 5.81. The SMILES string of the molecule is Cc1cccnc1-c1cccc(C(=O)N(CC2CCC2)C[C@@H]2CCCO2)c1. The maximum atomic E-state index is 13.3. The van der Waals surface area contributed by atoms with Gasteiger partial charge in [0.15, 0.2) is 0 Å². The number of carbonyl (C=O) groups excluding carboxylic acids is 1. The first-order chi connectivity index (χ1) is 13.2. The Hall–Kier alpha value is -2.20. The molecule has 0 N–H and O–H groups in total. The predicted octanol–water partition coefficient (Wildman–Crippen LogP) is 4.48. The van der Waals surface area contributed by atoms with E-state index in [9.17, 15) is 4.79 Å². The summed E-state index contributed by atoms with van der Waals surface area (Å²) in [7, 11) is 0. The van der Waals surface area contributed by atoms with E-state index in [0.717, 1.165) is 48.4 Å². The van der Waals surface area contributed by atoms with Crippen molar-refractivity contribution in [3.63, 3.8) is 0 Å². The van der Waals surface area contributed by atoms with Gasteiger partial charge in [-0.05, 0) is 62.3 Å².